The van der Waals surface area contributed by atoms with Crippen molar-refractivity contribution in [1.82, 2.24) is 4.98 Å². The van der Waals surface area contributed by atoms with Gasteiger partial charge in [0.2, 0.25) is 0 Å². The Labute approximate surface area is 150 Å². The van der Waals surface area contributed by atoms with Crippen LogP contribution in [-0.2, 0) is 9.53 Å². The summed E-state index contributed by atoms with van der Waals surface area (Å²) in [6.07, 6.45) is 0. The number of pyridine rings is 1. The van der Waals surface area contributed by atoms with Gasteiger partial charge in [-0.1, -0.05) is 18.2 Å². The van der Waals surface area contributed by atoms with Crippen LogP contribution in [0.25, 0.3) is 10.9 Å². The Hall–Kier alpha value is -3.41. The average molecular weight is 350 g/mol. The molecule has 0 atom stereocenters. The van der Waals surface area contributed by atoms with Gasteiger partial charge in [-0.15, -0.1) is 0 Å². The molecular formula is C20H18N2O4. The first-order chi connectivity index (χ1) is 12.6. The molecule has 1 amide bonds. The largest absolute Gasteiger partial charge is 0.481 e. The minimum Gasteiger partial charge on any atom is -0.481 e. The number of benzene rings is 2. The topological polar surface area (TPSA) is 77.5 Å². The van der Waals surface area contributed by atoms with E-state index in [0.717, 1.165) is 16.6 Å². The highest BCUT2D eigenvalue weighted by Gasteiger charge is 2.09. The van der Waals surface area contributed by atoms with Gasteiger partial charge in [-0.25, -0.2) is 9.78 Å². The van der Waals surface area contributed by atoms with Crippen LogP contribution in [0.15, 0.2) is 54.6 Å². The van der Waals surface area contributed by atoms with Crippen molar-refractivity contribution in [3.05, 3.63) is 65.9 Å². The number of anilines is 1. The molecule has 0 aliphatic heterocycles. The maximum Gasteiger partial charge on any atom is 0.337 e. The van der Waals surface area contributed by atoms with Crippen LogP contribution in [0.1, 0.15) is 16.1 Å². The lowest BCUT2D eigenvalue weighted by molar-refractivity contribution is -0.118. The Balaban J connectivity index is 1.64. The van der Waals surface area contributed by atoms with E-state index in [1.54, 1.807) is 30.3 Å². The lowest BCUT2D eigenvalue weighted by atomic mass is 10.2. The van der Waals surface area contributed by atoms with E-state index in [9.17, 15) is 9.59 Å². The number of ether oxygens (including phenoxy) is 2. The quantitative estimate of drug-likeness (QED) is 0.714. The van der Waals surface area contributed by atoms with Crippen LogP contribution in [0.2, 0.25) is 0 Å². The predicted molar refractivity (Wildman–Crippen MR) is 98.4 cm³/mol. The number of rotatable bonds is 5. The molecule has 0 fully saturated rings. The monoisotopic (exact) mass is 350 g/mol. The van der Waals surface area contributed by atoms with Crippen molar-refractivity contribution >= 4 is 28.5 Å². The van der Waals surface area contributed by atoms with Gasteiger partial charge in [-0.2, -0.15) is 0 Å². The van der Waals surface area contributed by atoms with E-state index in [2.05, 4.69) is 15.0 Å². The van der Waals surface area contributed by atoms with Crippen LogP contribution in [0, 0.1) is 6.92 Å². The van der Waals surface area contributed by atoms with E-state index in [0.29, 0.717) is 17.0 Å². The Kier molecular flexibility index (Phi) is 5.12. The number of amides is 1. The van der Waals surface area contributed by atoms with Crippen LogP contribution >= 0.6 is 0 Å². The number of carbonyl (C=O) groups is 2. The highest BCUT2D eigenvalue weighted by atomic mass is 16.5. The third kappa shape index (κ3) is 3.97. The molecule has 3 rings (SSSR count). The van der Waals surface area contributed by atoms with Gasteiger partial charge in [0, 0.05) is 16.8 Å². The number of hydrogen-bond acceptors (Lipinski definition) is 5. The minimum atomic E-state index is -0.426. The molecule has 0 spiro atoms. The van der Waals surface area contributed by atoms with Crippen LogP contribution in [0.5, 0.6) is 5.75 Å². The molecule has 0 aliphatic rings. The molecule has 1 heterocycles. The Morgan fingerprint density at radius 2 is 1.81 bits per heavy atom. The van der Waals surface area contributed by atoms with Crippen molar-refractivity contribution in [2.75, 3.05) is 19.0 Å². The SMILES string of the molecule is COC(=O)c1ccc(NC(=O)COc2cccc3ccc(C)nc23)cc1. The van der Waals surface area contributed by atoms with Crippen molar-refractivity contribution in [3.8, 4) is 5.75 Å². The zero-order chi connectivity index (χ0) is 18.5. The normalized spacial score (nSPS) is 10.4. The molecule has 3 aromatic rings. The molecule has 0 radical (unpaired) electrons. The average Bonchev–Trinajstić information content (AvgIpc) is 2.66. The number of nitrogens with zero attached hydrogens (tertiary/aromatic N) is 1. The number of carbonyl (C=O) groups excluding carboxylic acids is 2. The standard InChI is InChI=1S/C20H18N2O4/c1-13-6-7-14-4-3-5-17(19(14)21-13)26-12-18(23)22-16-10-8-15(9-11-16)20(24)25-2/h3-11H,12H2,1-2H3,(H,22,23). The fraction of sp³-hybridized carbons (Fsp3) is 0.150. The predicted octanol–water partition coefficient (Wildman–Crippen LogP) is 3.35. The maximum atomic E-state index is 12.1. The van der Waals surface area contributed by atoms with Crippen LogP contribution < -0.4 is 10.1 Å². The van der Waals surface area contributed by atoms with Crippen molar-refractivity contribution in [1.29, 1.82) is 0 Å². The lowest BCUT2D eigenvalue weighted by Crippen LogP contribution is -2.20. The lowest BCUT2D eigenvalue weighted by Gasteiger charge is -2.10. The maximum absolute atomic E-state index is 12.1. The Bertz CT molecular complexity index is 952. The minimum absolute atomic E-state index is 0.145. The number of nitrogens with one attached hydrogen (secondary N) is 1. The second-order valence-corrected chi connectivity index (χ2v) is 5.69. The van der Waals surface area contributed by atoms with E-state index >= 15 is 0 Å². The van der Waals surface area contributed by atoms with E-state index in [1.165, 1.54) is 7.11 Å². The van der Waals surface area contributed by atoms with E-state index < -0.39 is 5.97 Å². The molecule has 0 bridgehead atoms. The molecule has 6 heteroatoms. The fourth-order valence-corrected chi connectivity index (χ4v) is 2.48. The number of aryl methyl sites for hydroxylation is 1. The molecule has 0 saturated carbocycles. The summed E-state index contributed by atoms with van der Waals surface area (Å²) in [4.78, 5) is 28.0. The Morgan fingerprint density at radius 1 is 1.04 bits per heavy atom. The van der Waals surface area contributed by atoms with Gasteiger partial charge in [0.25, 0.3) is 5.91 Å². The molecule has 1 aromatic heterocycles. The molecular weight excluding hydrogens is 332 g/mol. The van der Waals surface area contributed by atoms with Crippen LogP contribution in [-0.4, -0.2) is 30.6 Å². The number of hydrogen-bond donors (Lipinski definition) is 1. The van der Waals surface area contributed by atoms with E-state index in [-0.39, 0.29) is 12.5 Å². The van der Waals surface area contributed by atoms with Crippen molar-refractivity contribution in [2.24, 2.45) is 0 Å². The van der Waals surface area contributed by atoms with Gasteiger partial charge in [0.15, 0.2) is 6.61 Å². The molecule has 2 aromatic carbocycles. The van der Waals surface area contributed by atoms with Gasteiger partial charge >= 0.3 is 5.97 Å². The summed E-state index contributed by atoms with van der Waals surface area (Å²) in [5.74, 6) is -0.173. The van der Waals surface area contributed by atoms with Gasteiger partial charge in [-0.05, 0) is 43.3 Å². The van der Waals surface area contributed by atoms with Gasteiger partial charge < -0.3 is 14.8 Å². The summed E-state index contributed by atoms with van der Waals surface area (Å²) in [5, 5.41) is 3.67. The van der Waals surface area contributed by atoms with Gasteiger partial charge in [-0.3, -0.25) is 4.79 Å². The molecule has 0 saturated heterocycles. The molecule has 26 heavy (non-hydrogen) atoms. The summed E-state index contributed by atoms with van der Waals surface area (Å²) in [5.41, 5.74) is 2.59. The third-order valence-corrected chi connectivity index (χ3v) is 3.77. The van der Waals surface area contributed by atoms with E-state index in [4.69, 9.17) is 4.74 Å². The summed E-state index contributed by atoms with van der Waals surface area (Å²) in [6, 6.07) is 15.9. The van der Waals surface area contributed by atoms with E-state index in [1.807, 2.05) is 31.2 Å². The number of fused-ring (bicyclic) bond motifs is 1. The molecule has 0 unspecified atom stereocenters. The highest BCUT2D eigenvalue weighted by Crippen LogP contribution is 2.23. The number of aromatic nitrogens is 1. The molecule has 1 N–H and O–H groups in total. The summed E-state index contributed by atoms with van der Waals surface area (Å²) in [6.45, 7) is 1.76. The first-order valence-electron chi connectivity index (χ1n) is 8.04. The first kappa shape index (κ1) is 17.4. The van der Waals surface area contributed by atoms with Crippen molar-refractivity contribution < 1.29 is 19.1 Å². The summed E-state index contributed by atoms with van der Waals surface area (Å²) < 4.78 is 10.3. The second-order valence-electron chi connectivity index (χ2n) is 5.69. The Morgan fingerprint density at radius 3 is 2.54 bits per heavy atom. The van der Waals surface area contributed by atoms with Crippen molar-refractivity contribution in [3.63, 3.8) is 0 Å². The molecule has 0 aliphatic carbocycles. The number of methoxy groups -OCH3 is 1. The number of esters is 1. The first-order valence-corrected chi connectivity index (χ1v) is 8.04. The number of para-hydroxylation sites is 1. The second kappa shape index (κ2) is 7.65. The van der Waals surface area contributed by atoms with Crippen molar-refractivity contribution in [2.45, 2.75) is 6.92 Å². The zero-order valence-corrected chi connectivity index (χ0v) is 14.5. The van der Waals surface area contributed by atoms with Crippen LogP contribution in [0.4, 0.5) is 5.69 Å². The molecule has 132 valence electrons. The van der Waals surface area contributed by atoms with Gasteiger partial charge in [0.05, 0.1) is 12.7 Å². The third-order valence-electron chi connectivity index (χ3n) is 3.77. The molecule has 6 nitrogen and oxygen atoms in total. The fourth-order valence-electron chi connectivity index (χ4n) is 2.48. The zero-order valence-electron chi connectivity index (χ0n) is 14.5. The summed E-state index contributed by atoms with van der Waals surface area (Å²) in [7, 11) is 1.32. The van der Waals surface area contributed by atoms with Gasteiger partial charge in [0.1, 0.15) is 11.3 Å². The van der Waals surface area contributed by atoms with Crippen LogP contribution in [0.3, 0.4) is 0 Å². The smallest absolute Gasteiger partial charge is 0.337 e. The summed E-state index contributed by atoms with van der Waals surface area (Å²) >= 11 is 0. The highest BCUT2D eigenvalue weighted by molar-refractivity contribution is 5.94.